The number of carbonyl (C=O) groups is 1. The van der Waals surface area contributed by atoms with Crippen LogP contribution in [0.1, 0.15) is 34.8 Å². The van der Waals surface area contributed by atoms with Crippen molar-refractivity contribution in [2.24, 2.45) is 0 Å². The molecule has 1 aliphatic carbocycles. The minimum absolute atomic E-state index is 0.105. The Hall–Kier alpha value is -1.82. The summed E-state index contributed by atoms with van der Waals surface area (Å²) in [5.74, 6) is 0.373. The molecule has 0 aliphatic heterocycles. The molecule has 0 radical (unpaired) electrons. The number of rotatable bonds is 4. The number of H-pyrrole nitrogens is 1. The van der Waals surface area contributed by atoms with E-state index >= 15 is 0 Å². The molecule has 1 heterocycles. The van der Waals surface area contributed by atoms with Crippen LogP contribution in [0.4, 0.5) is 5.95 Å². The number of aryl methyl sites for hydroxylation is 2. The highest BCUT2D eigenvalue weighted by atomic mass is 32.2. The minimum atomic E-state index is -0.232. The lowest BCUT2D eigenvalue weighted by molar-refractivity contribution is 0.0994. The van der Waals surface area contributed by atoms with Gasteiger partial charge in [0.1, 0.15) is 0 Å². The Bertz CT molecular complexity index is 652. The first-order valence-electron chi connectivity index (χ1n) is 6.64. The van der Waals surface area contributed by atoms with Crippen molar-refractivity contribution in [2.45, 2.75) is 36.6 Å². The Morgan fingerprint density at radius 2 is 2.20 bits per heavy atom. The van der Waals surface area contributed by atoms with Crippen molar-refractivity contribution in [3.8, 4) is 0 Å². The van der Waals surface area contributed by atoms with E-state index in [-0.39, 0.29) is 17.0 Å². The summed E-state index contributed by atoms with van der Waals surface area (Å²) in [5.41, 5.74) is 8.94. The lowest BCUT2D eigenvalue weighted by atomic mass is 10.0. The molecule has 0 saturated carbocycles. The predicted octanol–water partition coefficient (Wildman–Crippen LogP) is 2.24. The molecule has 0 saturated heterocycles. The van der Waals surface area contributed by atoms with Crippen LogP contribution >= 0.6 is 11.8 Å². The third-order valence-electron chi connectivity index (χ3n) is 3.52. The standard InChI is InChI=1S/C14H16N4OS/c1-8(20-14-16-13(15)17-18-14)12(19)11-6-5-9-3-2-4-10(9)7-11/h5-8H,2-4H2,1H3,(H3,15,16,17,18)/t8-/m0/s1. The largest absolute Gasteiger partial charge is 0.368 e. The van der Waals surface area contributed by atoms with Gasteiger partial charge in [-0.1, -0.05) is 23.9 Å². The van der Waals surface area contributed by atoms with Crippen LogP contribution in [0.2, 0.25) is 0 Å². The summed E-state index contributed by atoms with van der Waals surface area (Å²) in [6, 6.07) is 6.04. The van der Waals surface area contributed by atoms with E-state index in [1.54, 1.807) is 0 Å². The van der Waals surface area contributed by atoms with Crippen molar-refractivity contribution < 1.29 is 4.79 Å². The molecule has 0 amide bonds. The second kappa shape index (κ2) is 5.28. The third-order valence-corrected chi connectivity index (χ3v) is 4.48. The summed E-state index contributed by atoms with van der Waals surface area (Å²) in [6.07, 6.45) is 3.40. The SMILES string of the molecule is C[C@H](Sc1n[nH]c(N)n1)C(=O)c1ccc2c(c1)CCC2. The zero-order valence-electron chi connectivity index (χ0n) is 11.2. The monoisotopic (exact) mass is 288 g/mol. The number of anilines is 1. The summed E-state index contributed by atoms with van der Waals surface area (Å²) in [6.45, 7) is 1.87. The highest BCUT2D eigenvalue weighted by Crippen LogP contribution is 2.26. The molecule has 0 spiro atoms. The highest BCUT2D eigenvalue weighted by Gasteiger charge is 2.20. The maximum absolute atomic E-state index is 12.4. The van der Waals surface area contributed by atoms with Gasteiger partial charge in [-0.05, 0) is 43.4 Å². The number of hydrogen-bond donors (Lipinski definition) is 2. The number of aromatic nitrogens is 3. The number of fused-ring (bicyclic) bond motifs is 1. The number of carbonyl (C=O) groups excluding carboxylic acids is 1. The van der Waals surface area contributed by atoms with Gasteiger partial charge in [-0.15, -0.1) is 5.10 Å². The topological polar surface area (TPSA) is 84.7 Å². The number of benzene rings is 1. The normalized spacial score (nSPS) is 15.1. The molecule has 0 fully saturated rings. The number of aromatic amines is 1. The molecule has 3 rings (SSSR count). The van der Waals surface area contributed by atoms with Gasteiger partial charge in [-0.25, -0.2) is 5.10 Å². The molecular weight excluding hydrogens is 272 g/mol. The Morgan fingerprint density at radius 1 is 1.40 bits per heavy atom. The van der Waals surface area contributed by atoms with Gasteiger partial charge < -0.3 is 5.73 Å². The quantitative estimate of drug-likeness (QED) is 0.665. The molecule has 0 bridgehead atoms. The van der Waals surface area contributed by atoms with Crippen LogP contribution in [-0.2, 0) is 12.8 Å². The Kier molecular flexibility index (Phi) is 3.48. The van der Waals surface area contributed by atoms with Gasteiger partial charge in [-0.2, -0.15) is 4.98 Å². The van der Waals surface area contributed by atoms with Crippen LogP contribution in [0.5, 0.6) is 0 Å². The number of nitrogens with zero attached hydrogens (tertiary/aromatic N) is 2. The fraction of sp³-hybridized carbons (Fsp3) is 0.357. The van der Waals surface area contributed by atoms with Gasteiger partial charge in [-0.3, -0.25) is 4.79 Å². The molecule has 0 unspecified atom stereocenters. The molecule has 1 aromatic carbocycles. The second-order valence-electron chi connectivity index (χ2n) is 4.96. The second-order valence-corrected chi connectivity index (χ2v) is 6.27. The highest BCUT2D eigenvalue weighted by molar-refractivity contribution is 8.00. The first-order chi connectivity index (χ1) is 9.63. The Morgan fingerprint density at radius 3 is 2.95 bits per heavy atom. The number of Topliss-reactive ketones (excluding diaryl/α,β-unsaturated/α-hetero) is 1. The van der Waals surface area contributed by atoms with E-state index < -0.39 is 0 Å². The van der Waals surface area contributed by atoms with Crippen molar-refractivity contribution in [3.05, 3.63) is 34.9 Å². The van der Waals surface area contributed by atoms with Crippen LogP contribution < -0.4 is 5.73 Å². The van der Waals surface area contributed by atoms with Crippen LogP contribution in [0.15, 0.2) is 23.4 Å². The van der Waals surface area contributed by atoms with Crippen molar-refractivity contribution in [1.82, 2.24) is 15.2 Å². The summed E-state index contributed by atoms with van der Waals surface area (Å²) in [7, 11) is 0. The fourth-order valence-electron chi connectivity index (χ4n) is 2.48. The van der Waals surface area contributed by atoms with E-state index in [4.69, 9.17) is 5.73 Å². The molecule has 5 nitrogen and oxygen atoms in total. The lowest BCUT2D eigenvalue weighted by Crippen LogP contribution is -2.14. The minimum Gasteiger partial charge on any atom is -0.368 e. The van der Waals surface area contributed by atoms with Crippen molar-refractivity contribution >= 4 is 23.5 Å². The molecule has 2 aromatic rings. The zero-order chi connectivity index (χ0) is 14.1. The van der Waals surface area contributed by atoms with E-state index in [1.165, 1.54) is 29.3 Å². The van der Waals surface area contributed by atoms with Gasteiger partial charge in [0.25, 0.3) is 0 Å². The summed E-state index contributed by atoms with van der Waals surface area (Å²) < 4.78 is 0. The van der Waals surface area contributed by atoms with E-state index in [0.29, 0.717) is 5.16 Å². The number of nitrogen functional groups attached to an aromatic ring is 1. The van der Waals surface area contributed by atoms with Crippen LogP contribution in [0.25, 0.3) is 0 Å². The fourth-order valence-corrected chi connectivity index (χ4v) is 3.29. The molecular formula is C14H16N4OS. The number of hydrogen-bond acceptors (Lipinski definition) is 5. The molecule has 104 valence electrons. The van der Waals surface area contributed by atoms with Gasteiger partial charge in [0, 0.05) is 5.56 Å². The van der Waals surface area contributed by atoms with Crippen molar-refractivity contribution in [2.75, 3.05) is 5.73 Å². The zero-order valence-corrected chi connectivity index (χ0v) is 12.0. The number of nitrogens with one attached hydrogen (secondary N) is 1. The molecule has 3 N–H and O–H groups in total. The molecule has 1 aromatic heterocycles. The summed E-state index contributed by atoms with van der Waals surface area (Å²) in [5, 5.41) is 6.78. The number of thioether (sulfide) groups is 1. The van der Waals surface area contributed by atoms with Crippen LogP contribution in [0, 0.1) is 0 Å². The first kappa shape index (κ1) is 13.2. The molecule has 1 aliphatic rings. The van der Waals surface area contributed by atoms with Crippen molar-refractivity contribution in [1.29, 1.82) is 0 Å². The summed E-state index contributed by atoms with van der Waals surface area (Å²) >= 11 is 1.32. The van der Waals surface area contributed by atoms with E-state index in [2.05, 4.69) is 21.2 Å². The van der Waals surface area contributed by atoms with Crippen molar-refractivity contribution in [3.63, 3.8) is 0 Å². The average Bonchev–Trinajstić information content (AvgIpc) is 3.05. The number of ketones is 1. The van der Waals surface area contributed by atoms with Crippen LogP contribution in [0.3, 0.4) is 0 Å². The third kappa shape index (κ3) is 2.56. The predicted molar refractivity (Wildman–Crippen MR) is 78.9 cm³/mol. The van der Waals surface area contributed by atoms with E-state index in [9.17, 15) is 4.79 Å². The van der Waals surface area contributed by atoms with Gasteiger partial charge in [0.15, 0.2) is 5.78 Å². The van der Waals surface area contributed by atoms with Crippen LogP contribution in [-0.4, -0.2) is 26.2 Å². The average molecular weight is 288 g/mol. The maximum atomic E-state index is 12.4. The molecule has 1 atom stereocenters. The lowest BCUT2D eigenvalue weighted by Gasteiger charge is -2.09. The number of nitrogens with two attached hydrogens (primary N) is 1. The van der Waals surface area contributed by atoms with Gasteiger partial charge >= 0.3 is 0 Å². The molecule has 6 heteroatoms. The van der Waals surface area contributed by atoms with Gasteiger partial charge in [0.05, 0.1) is 5.25 Å². The van der Waals surface area contributed by atoms with Gasteiger partial charge in [0.2, 0.25) is 11.1 Å². The Balaban J connectivity index is 1.74. The van der Waals surface area contributed by atoms with E-state index in [0.717, 1.165) is 18.4 Å². The summed E-state index contributed by atoms with van der Waals surface area (Å²) in [4.78, 5) is 16.4. The Labute approximate surface area is 121 Å². The first-order valence-corrected chi connectivity index (χ1v) is 7.52. The maximum Gasteiger partial charge on any atom is 0.216 e. The smallest absolute Gasteiger partial charge is 0.216 e. The molecule has 20 heavy (non-hydrogen) atoms. The van der Waals surface area contributed by atoms with E-state index in [1.807, 2.05) is 19.1 Å².